The van der Waals surface area contributed by atoms with E-state index < -0.39 is 0 Å². The first kappa shape index (κ1) is 10.3. The van der Waals surface area contributed by atoms with Crippen LogP contribution in [0, 0.1) is 6.92 Å². The fraction of sp³-hybridized carbons (Fsp3) is 0.600. The van der Waals surface area contributed by atoms with Crippen molar-refractivity contribution in [1.82, 2.24) is 9.97 Å². The molecule has 1 fully saturated rings. The maximum Gasteiger partial charge on any atom is 0.222 e. The number of methoxy groups -OCH3 is 1. The summed E-state index contributed by atoms with van der Waals surface area (Å²) in [6.07, 6.45) is 3.65. The molecule has 0 bridgehead atoms. The lowest BCUT2D eigenvalue weighted by Crippen LogP contribution is -2.34. The zero-order valence-corrected chi connectivity index (χ0v) is 8.93. The van der Waals surface area contributed by atoms with Crippen molar-refractivity contribution in [2.24, 2.45) is 0 Å². The Labute approximate surface area is 88.8 Å². The highest BCUT2D eigenvalue weighted by Crippen LogP contribution is 2.12. The first-order chi connectivity index (χ1) is 7.29. The topological polar surface area (TPSA) is 56.3 Å². The Hall–Kier alpha value is -1.20. The van der Waals surface area contributed by atoms with E-state index in [1.807, 2.05) is 6.92 Å². The van der Waals surface area contributed by atoms with Crippen molar-refractivity contribution >= 4 is 5.95 Å². The SMILES string of the molecule is CO[C@@H]1COC[C@@H]1Nc1ncc(C)cn1. The summed E-state index contributed by atoms with van der Waals surface area (Å²) in [4.78, 5) is 8.35. The van der Waals surface area contributed by atoms with Gasteiger partial charge in [-0.2, -0.15) is 0 Å². The maximum atomic E-state index is 5.31. The quantitative estimate of drug-likeness (QED) is 0.790. The number of hydrogen-bond acceptors (Lipinski definition) is 5. The molecule has 2 atom stereocenters. The molecule has 0 saturated carbocycles. The highest BCUT2D eigenvalue weighted by Gasteiger charge is 2.28. The Balaban J connectivity index is 1.99. The van der Waals surface area contributed by atoms with Gasteiger partial charge in [-0.1, -0.05) is 0 Å². The first-order valence-corrected chi connectivity index (χ1v) is 4.95. The predicted octanol–water partition coefficient (Wildman–Crippen LogP) is 0.611. The van der Waals surface area contributed by atoms with Crippen molar-refractivity contribution < 1.29 is 9.47 Å². The van der Waals surface area contributed by atoms with E-state index in [0.717, 1.165) is 5.56 Å². The fourth-order valence-corrected chi connectivity index (χ4v) is 1.53. The molecular formula is C10H15N3O2. The van der Waals surface area contributed by atoms with E-state index in [-0.39, 0.29) is 12.1 Å². The van der Waals surface area contributed by atoms with E-state index in [4.69, 9.17) is 9.47 Å². The van der Waals surface area contributed by atoms with E-state index in [0.29, 0.717) is 19.2 Å². The minimum atomic E-state index is 0.0786. The molecule has 15 heavy (non-hydrogen) atoms. The van der Waals surface area contributed by atoms with Gasteiger partial charge in [0, 0.05) is 19.5 Å². The lowest BCUT2D eigenvalue weighted by atomic mass is 10.2. The maximum absolute atomic E-state index is 5.31. The minimum Gasteiger partial charge on any atom is -0.377 e. The monoisotopic (exact) mass is 209 g/mol. The van der Waals surface area contributed by atoms with Gasteiger partial charge in [-0.25, -0.2) is 9.97 Å². The van der Waals surface area contributed by atoms with Crippen molar-refractivity contribution in [3.8, 4) is 0 Å². The van der Waals surface area contributed by atoms with Gasteiger partial charge in [0.25, 0.3) is 0 Å². The third-order valence-electron chi connectivity index (χ3n) is 2.43. The number of nitrogens with zero attached hydrogens (tertiary/aromatic N) is 2. The van der Waals surface area contributed by atoms with Crippen molar-refractivity contribution in [2.45, 2.75) is 19.1 Å². The molecular weight excluding hydrogens is 194 g/mol. The largest absolute Gasteiger partial charge is 0.377 e. The van der Waals surface area contributed by atoms with E-state index in [2.05, 4.69) is 15.3 Å². The normalized spacial score (nSPS) is 25.5. The summed E-state index contributed by atoms with van der Waals surface area (Å²) in [6, 6.07) is 0.137. The van der Waals surface area contributed by atoms with Crippen molar-refractivity contribution in [1.29, 1.82) is 0 Å². The summed E-state index contributed by atoms with van der Waals surface area (Å²) in [5.41, 5.74) is 1.05. The van der Waals surface area contributed by atoms with Gasteiger partial charge in [0.15, 0.2) is 0 Å². The smallest absolute Gasteiger partial charge is 0.222 e. The molecule has 1 aliphatic heterocycles. The van der Waals surface area contributed by atoms with Crippen LogP contribution < -0.4 is 5.32 Å². The summed E-state index contributed by atoms with van der Waals surface area (Å²) in [7, 11) is 1.68. The number of nitrogens with one attached hydrogen (secondary N) is 1. The molecule has 2 rings (SSSR count). The molecule has 0 spiro atoms. The molecule has 1 saturated heterocycles. The average Bonchev–Trinajstić information content (AvgIpc) is 2.69. The summed E-state index contributed by atoms with van der Waals surface area (Å²) < 4.78 is 10.6. The van der Waals surface area contributed by atoms with Crippen LogP contribution in [0.15, 0.2) is 12.4 Å². The molecule has 1 N–H and O–H groups in total. The predicted molar refractivity (Wildman–Crippen MR) is 55.8 cm³/mol. The molecule has 1 aliphatic rings. The molecule has 0 unspecified atom stereocenters. The lowest BCUT2D eigenvalue weighted by molar-refractivity contribution is 0.0794. The summed E-state index contributed by atoms with van der Waals surface area (Å²) >= 11 is 0. The van der Waals surface area contributed by atoms with Crippen molar-refractivity contribution in [3.63, 3.8) is 0 Å². The Kier molecular flexibility index (Phi) is 3.13. The zero-order chi connectivity index (χ0) is 10.7. The molecule has 0 aromatic carbocycles. The average molecular weight is 209 g/mol. The second-order valence-electron chi connectivity index (χ2n) is 3.65. The van der Waals surface area contributed by atoms with Gasteiger partial charge in [-0.15, -0.1) is 0 Å². The summed E-state index contributed by atoms with van der Waals surface area (Å²) in [5, 5.41) is 3.20. The lowest BCUT2D eigenvalue weighted by Gasteiger charge is -2.17. The van der Waals surface area contributed by atoms with E-state index in [9.17, 15) is 0 Å². The highest BCUT2D eigenvalue weighted by molar-refractivity contribution is 5.27. The Morgan fingerprint density at radius 2 is 2.13 bits per heavy atom. The number of rotatable bonds is 3. The van der Waals surface area contributed by atoms with E-state index in [1.54, 1.807) is 19.5 Å². The van der Waals surface area contributed by atoms with Crippen LogP contribution >= 0.6 is 0 Å². The van der Waals surface area contributed by atoms with Crippen LogP contribution in [-0.2, 0) is 9.47 Å². The highest BCUT2D eigenvalue weighted by atomic mass is 16.5. The van der Waals surface area contributed by atoms with Gasteiger partial charge in [0.05, 0.1) is 19.3 Å². The zero-order valence-electron chi connectivity index (χ0n) is 8.93. The van der Waals surface area contributed by atoms with Crippen molar-refractivity contribution in [3.05, 3.63) is 18.0 Å². The van der Waals surface area contributed by atoms with Gasteiger partial charge in [0.1, 0.15) is 6.10 Å². The van der Waals surface area contributed by atoms with Crippen LogP contribution in [0.1, 0.15) is 5.56 Å². The number of aryl methyl sites for hydroxylation is 1. The molecule has 5 nitrogen and oxygen atoms in total. The van der Waals surface area contributed by atoms with Gasteiger partial charge < -0.3 is 14.8 Å². The van der Waals surface area contributed by atoms with Gasteiger partial charge in [-0.05, 0) is 12.5 Å². The van der Waals surface area contributed by atoms with Crippen LogP contribution in [-0.4, -0.2) is 42.4 Å². The second kappa shape index (κ2) is 4.55. The third-order valence-corrected chi connectivity index (χ3v) is 2.43. The fourth-order valence-electron chi connectivity index (χ4n) is 1.53. The molecule has 0 aliphatic carbocycles. The molecule has 1 aromatic rings. The number of ether oxygens (including phenoxy) is 2. The Morgan fingerprint density at radius 3 is 2.80 bits per heavy atom. The molecule has 1 aromatic heterocycles. The van der Waals surface area contributed by atoms with Gasteiger partial charge >= 0.3 is 0 Å². The van der Waals surface area contributed by atoms with Gasteiger partial charge in [-0.3, -0.25) is 0 Å². The number of aromatic nitrogens is 2. The molecule has 82 valence electrons. The summed E-state index contributed by atoms with van der Waals surface area (Å²) in [6.45, 7) is 3.22. The standard InChI is InChI=1S/C10H15N3O2/c1-7-3-11-10(12-4-7)13-8-5-15-6-9(8)14-2/h3-4,8-9H,5-6H2,1-2H3,(H,11,12,13)/t8-,9+/m0/s1. The van der Waals surface area contributed by atoms with Crippen LogP contribution in [0.2, 0.25) is 0 Å². The Bertz CT molecular complexity index is 315. The first-order valence-electron chi connectivity index (χ1n) is 4.95. The molecule has 0 radical (unpaired) electrons. The number of hydrogen-bond donors (Lipinski definition) is 1. The molecule has 5 heteroatoms. The second-order valence-corrected chi connectivity index (χ2v) is 3.65. The van der Waals surface area contributed by atoms with Crippen LogP contribution in [0.3, 0.4) is 0 Å². The minimum absolute atomic E-state index is 0.0786. The molecule has 2 heterocycles. The van der Waals surface area contributed by atoms with E-state index in [1.165, 1.54) is 0 Å². The van der Waals surface area contributed by atoms with Gasteiger partial charge in [0.2, 0.25) is 5.95 Å². The Morgan fingerprint density at radius 1 is 1.40 bits per heavy atom. The molecule has 0 amide bonds. The summed E-state index contributed by atoms with van der Waals surface area (Å²) in [5.74, 6) is 0.623. The third kappa shape index (κ3) is 2.43. The van der Waals surface area contributed by atoms with Crippen LogP contribution in [0.25, 0.3) is 0 Å². The van der Waals surface area contributed by atoms with E-state index >= 15 is 0 Å². The number of anilines is 1. The van der Waals surface area contributed by atoms with Crippen LogP contribution in [0.5, 0.6) is 0 Å². The van der Waals surface area contributed by atoms with Crippen molar-refractivity contribution in [2.75, 3.05) is 25.6 Å². The van der Waals surface area contributed by atoms with Crippen LogP contribution in [0.4, 0.5) is 5.95 Å².